The van der Waals surface area contributed by atoms with Crippen LogP contribution < -0.4 is 10.1 Å². The number of ether oxygens (including phenoxy) is 1. The summed E-state index contributed by atoms with van der Waals surface area (Å²) >= 11 is 0. The highest BCUT2D eigenvalue weighted by Crippen LogP contribution is 2.30. The molecule has 3 aromatic rings. The molecular formula is C23H20N2O2. The van der Waals surface area contributed by atoms with Crippen LogP contribution in [0.15, 0.2) is 66.2 Å². The number of nitrogens with one attached hydrogen (secondary N) is 1. The maximum Gasteiger partial charge on any atom is 0.266 e. The number of benzene rings is 3. The van der Waals surface area contributed by atoms with E-state index in [9.17, 15) is 10.1 Å². The van der Waals surface area contributed by atoms with Crippen molar-refractivity contribution in [1.29, 1.82) is 5.26 Å². The van der Waals surface area contributed by atoms with Crippen LogP contribution in [0.3, 0.4) is 0 Å². The van der Waals surface area contributed by atoms with Crippen LogP contribution in [0.4, 0.5) is 5.69 Å². The van der Waals surface area contributed by atoms with Crippen molar-refractivity contribution in [1.82, 2.24) is 0 Å². The minimum Gasteiger partial charge on any atom is -0.493 e. The number of hydrogen-bond donors (Lipinski definition) is 1. The molecule has 0 aliphatic rings. The van der Waals surface area contributed by atoms with Crippen LogP contribution in [0.2, 0.25) is 0 Å². The predicted molar refractivity (Wildman–Crippen MR) is 109 cm³/mol. The van der Waals surface area contributed by atoms with Gasteiger partial charge in [0.1, 0.15) is 17.4 Å². The van der Waals surface area contributed by atoms with E-state index in [1.807, 2.05) is 80.6 Å². The molecule has 0 aliphatic carbocycles. The molecule has 0 heterocycles. The minimum absolute atomic E-state index is 0.0487. The molecule has 4 heteroatoms. The number of nitriles is 1. The average molecular weight is 356 g/mol. The third-order valence-electron chi connectivity index (χ3n) is 4.28. The second-order valence-electron chi connectivity index (χ2n) is 6.07. The molecule has 0 radical (unpaired) electrons. The Hall–Kier alpha value is -3.58. The van der Waals surface area contributed by atoms with Gasteiger partial charge in [0, 0.05) is 11.1 Å². The highest BCUT2D eigenvalue weighted by atomic mass is 16.5. The molecular weight excluding hydrogens is 336 g/mol. The summed E-state index contributed by atoms with van der Waals surface area (Å²) in [5.74, 6) is 0.359. The summed E-state index contributed by atoms with van der Waals surface area (Å²) in [6, 6.07) is 21.0. The first-order chi connectivity index (χ1) is 13.1. The van der Waals surface area contributed by atoms with Gasteiger partial charge in [-0.25, -0.2) is 0 Å². The molecule has 0 fully saturated rings. The van der Waals surface area contributed by atoms with Gasteiger partial charge < -0.3 is 10.1 Å². The zero-order chi connectivity index (χ0) is 19.2. The number of nitrogens with zero attached hydrogens (tertiary/aromatic N) is 1. The number of amides is 1. The summed E-state index contributed by atoms with van der Waals surface area (Å²) in [4.78, 5) is 12.6. The normalized spacial score (nSPS) is 11.1. The molecule has 0 aromatic heterocycles. The third-order valence-corrected chi connectivity index (χ3v) is 4.28. The lowest BCUT2D eigenvalue weighted by molar-refractivity contribution is -0.112. The third kappa shape index (κ3) is 3.99. The lowest BCUT2D eigenvalue weighted by atomic mass is 10.0. The van der Waals surface area contributed by atoms with Gasteiger partial charge in [-0.15, -0.1) is 0 Å². The number of carbonyl (C=O) groups is 1. The summed E-state index contributed by atoms with van der Waals surface area (Å²) in [7, 11) is 0. The number of anilines is 1. The molecule has 0 saturated carbocycles. The lowest BCUT2D eigenvalue weighted by Crippen LogP contribution is -2.14. The summed E-state index contributed by atoms with van der Waals surface area (Å²) in [6.07, 6.45) is 1.62. The van der Waals surface area contributed by atoms with E-state index in [1.165, 1.54) is 0 Å². The molecule has 134 valence electrons. The van der Waals surface area contributed by atoms with Gasteiger partial charge in [0.15, 0.2) is 0 Å². The van der Waals surface area contributed by atoms with E-state index >= 15 is 0 Å². The Balaban J connectivity index is 1.99. The van der Waals surface area contributed by atoms with E-state index in [0.717, 1.165) is 27.6 Å². The zero-order valence-corrected chi connectivity index (χ0v) is 15.3. The van der Waals surface area contributed by atoms with E-state index in [0.29, 0.717) is 12.3 Å². The first kappa shape index (κ1) is 18.2. The molecule has 0 unspecified atom stereocenters. The van der Waals surface area contributed by atoms with Crippen molar-refractivity contribution in [2.24, 2.45) is 0 Å². The van der Waals surface area contributed by atoms with Crippen molar-refractivity contribution in [3.05, 3.63) is 77.4 Å². The summed E-state index contributed by atoms with van der Waals surface area (Å²) < 4.78 is 5.68. The van der Waals surface area contributed by atoms with Crippen LogP contribution in [0.5, 0.6) is 5.75 Å². The van der Waals surface area contributed by atoms with Gasteiger partial charge in [-0.1, -0.05) is 48.5 Å². The number of hydrogen-bond acceptors (Lipinski definition) is 3. The van der Waals surface area contributed by atoms with Crippen molar-refractivity contribution in [2.75, 3.05) is 11.9 Å². The van der Waals surface area contributed by atoms with E-state index in [4.69, 9.17) is 4.74 Å². The maximum absolute atomic E-state index is 12.6. The second-order valence-corrected chi connectivity index (χ2v) is 6.07. The molecule has 0 aliphatic heterocycles. The van der Waals surface area contributed by atoms with Gasteiger partial charge in [-0.2, -0.15) is 5.26 Å². The predicted octanol–water partition coefficient (Wildman–Crippen LogP) is 5.09. The Morgan fingerprint density at radius 1 is 1.07 bits per heavy atom. The first-order valence-corrected chi connectivity index (χ1v) is 8.77. The Morgan fingerprint density at radius 3 is 2.48 bits per heavy atom. The molecule has 3 rings (SSSR count). The zero-order valence-electron chi connectivity index (χ0n) is 15.3. The maximum atomic E-state index is 12.6. The highest BCUT2D eigenvalue weighted by molar-refractivity contribution is 6.11. The molecule has 1 amide bonds. The van der Waals surface area contributed by atoms with Crippen molar-refractivity contribution in [3.8, 4) is 11.8 Å². The number of rotatable bonds is 5. The number of para-hydroxylation sites is 1. The van der Waals surface area contributed by atoms with Gasteiger partial charge in [-0.3, -0.25) is 4.79 Å². The molecule has 0 saturated heterocycles. The van der Waals surface area contributed by atoms with E-state index in [1.54, 1.807) is 6.08 Å². The van der Waals surface area contributed by atoms with E-state index in [2.05, 4.69) is 5.32 Å². The lowest BCUT2D eigenvalue weighted by Gasteiger charge is -2.10. The molecule has 0 spiro atoms. The Bertz CT molecular complexity index is 1060. The van der Waals surface area contributed by atoms with E-state index < -0.39 is 5.91 Å². The topological polar surface area (TPSA) is 62.1 Å². The fraction of sp³-hybridized carbons (Fsp3) is 0.130. The van der Waals surface area contributed by atoms with Crippen LogP contribution in [-0.2, 0) is 4.79 Å². The fourth-order valence-corrected chi connectivity index (χ4v) is 2.91. The quantitative estimate of drug-likeness (QED) is 0.511. The smallest absolute Gasteiger partial charge is 0.266 e. The first-order valence-electron chi connectivity index (χ1n) is 8.77. The Morgan fingerprint density at radius 2 is 1.78 bits per heavy atom. The molecule has 27 heavy (non-hydrogen) atoms. The van der Waals surface area contributed by atoms with Gasteiger partial charge in [-0.05, 0) is 48.6 Å². The molecule has 4 nitrogen and oxygen atoms in total. The van der Waals surface area contributed by atoms with Crippen LogP contribution in [0.1, 0.15) is 18.1 Å². The molecule has 3 aromatic carbocycles. The summed E-state index contributed by atoms with van der Waals surface area (Å²) in [6.45, 7) is 4.42. The van der Waals surface area contributed by atoms with Crippen molar-refractivity contribution in [2.45, 2.75) is 13.8 Å². The van der Waals surface area contributed by atoms with Crippen molar-refractivity contribution in [3.63, 3.8) is 0 Å². The summed E-state index contributed by atoms with van der Waals surface area (Å²) in [5, 5.41) is 14.2. The average Bonchev–Trinajstić information content (AvgIpc) is 2.69. The van der Waals surface area contributed by atoms with Crippen LogP contribution >= 0.6 is 0 Å². The second kappa shape index (κ2) is 8.20. The number of aryl methyl sites for hydroxylation is 1. The largest absolute Gasteiger partial charge is 0.493 e. The SMILES string of the molecule is CCOc1ccc(/C=C(/C#N)C(=O)Nc2ccccc2C)c2ccccc12. The van der Waals surface area contributed by atoms with Crippen LogP contribution in [0, 0.1) is 18.3 Å². The Kier molecular flexibility index (Phi) is 5.53. The summed E-state index contributed by atoms with van der Waals surface area (Å²) in [5.41, 5.74) is 2.48. The van der Waals surface area contributed by atoms with Crippen LogP contribution in [0.25, 0.3) is 16.8 Å². The van der Waals surface area contributed by atoms with Crippen LogP contribution in [-0.4, -0.2) is 12.5 Å². The standard InChI is InChI=1S/C23H20N2O2/c1-3-27-22-13-12-17(19-9-5-6-10-20(19)22)14-18(15-24)23(26)25-21-11-7-4-8-16(21)2/h4-14H,3H2,1-2H3,(H,25,26)/b18-14-. The van der Waals surface area contributed by atoms with Crippen molar-refractivity contribution < 1.29 is 9.53 Å². The van der Waals surface area contributed by atoms with Gasteiger partial charge in [0.2, 0.25) is 0 Å². The Labute approximate surface area is 158 Å². The fourth-order valence-electron chi connectivity index (χ4n) is 2.91. The van der Waals surface area contributed by atoms with Gasteiger partial charge in [0.25, 0.3) is 5.91 Å². The monoisotopic (exact) mass is 356 g/mol. The highest BCUT2D eigenvalue weighted by Gasteiger charge is 2.12. The van der Waals surface area contributed by atoms with E-state index in [-0.39, 0.29) is 5.57 Å². The van der Waals surface area contributed by atoms with Gasteiger partial charge in [0.05, 0.1) is 6.61 Å². The number of fused-ring (bicyclic) bond motifs is 1. The molecule has 0 atom stereocenters. The van der Waals surface area contributed by atoms with Crippen molar-refractivity contribution >= 4 is 28.4 Å². The van der Waals surface area contributed by atoms with Gasteiger partial charge >= 0.3 is 0 Å². The molecule has 1 N–H and O–H groups in total. The molecule has 0 bridgehead atoms. The minimum atomic E-state index is -0.426. The number of carbonyl (C=O) groups excluding carboxylic acids is 1.